The summed E-state index contributed by atoms with van der Waals surface area (Å²) in [5.41, 5.74) is 1.77. The third-order valence-corrected chi connectivity index (χ3v) is 4.48. The van der Waals surface area contributed by atoms with E-state index in [0.29, 0.717) is 0 Å². The summed E-state index contributed by atoms with van der Waals surface area (Å²) in [7, 11) is 0. The van der Waals surface area contributed by atoms with Gasteiger partial charge in [-0.15, -0.1) is 0 Å². The van der Waals surface area contributed by atoms with E-state index in [9.17, 15) is 0 Å². The summed E-state index contributed by atoms with van der Waals surface area (Å²) in [6.07, 6.45) is 2.20. The molecule has 1 heterocycles. The monoisotopic (exact) mass is 325 g/mol. The SMILES string of the molecule is CC(C)(C)NCC1(Cc2ccccc2Br)CCOC1. The van der Waals surface area contributed by atoms with Gasteiger partial charge in [-0.1, -0.05) is 34.1 Å². The maximum Gasteiger partial charge on any atom is 0.0538 e. The van der Waals surface area contributed by atoms with Gasteiger partial charge in [0, 0.05) is 28.6 Å². The zero-order valence-corrected chi connectivity index (χ0v) is 13.7. The van der Waals surface area contributed by atoms with Crippen LogP contribution in [0.25, 0.3) is 0 Å². The first-order valence-corrected chi connectivity index (χ1v) is 7.76. The Hall–Kier alpha value is -0.380. The van der Waals surface area contributed by atoms with Gasteiger partial charge >= 0.3 is 0 Å². The minimum absolute atomic E-state index is 0.156. The Labute approximate surface area is 125 Å². The zero-order valence-electron chi connectivity index (χ0n) is 12.1. The Balaban J connectivity index is 2.10. The Morgan fingerprint density at radius 2 is 2.05 bits per heavy atom. The van der Waals surface area contributed by atoms with Crippen molar-refractivity contribution in [2.45, 2.75) is 39.2 Å². The van der Waals surface area contributed by atoms with Crippen molar-refractivity contribution < 1.29 is 4.74 Å². The van der Waals surface area contributed by atoms with Crippen LogP contribution in [0.3, 0.4) is 0 Å². The number of hydrogen-bond acceptors (Lipinski definition) is 2. The van der Waals surface area contributed by atoms with Gasteiger partial charge in [-0.05, 0) is 45.2 Å². The maximum absolute atomic E-state index is 5.68. The van der Waals surface area contributed by atoms with Gasteiger partial charge in [0.25, 0.3) is 0 Å². The second kappa shape index (κ2) is 5.94. The van der Waals surface area contributed by atoms with E-state index in [0.717, 1.165) is 32.6 Å². The fourth-order valence-corrected chi connectivity index (χ4v) is 2.91. The summed E-state index contributed by atoms with van der Waals surface area (Å²) in [4.78, 5) is 0. The van der Waals surface area contributed by atoms with Gasteiger partial charge in [0.15, 0.2) is 0 Å². The van der Waals surface area contributed by atoms with Crippen molar-refractivity contribution in [3.8, 4) is 0 Å². The number of halogens is 1. The fraction of sp³-hybridized carbons (Fsp3) is 0.625. The first-order chi connectivity index (χ1) is 8.90. The quantitative estimate of drug-likeness (QED) is 0.909. The molecule has 0 bridgehead atoms. The van der Waals surface area contributed by atoms with Crippen molar-refractivity contribution in [2.75, 3.05) is 19.8 Å². The molecule has 2 rings (SSSR count). The maximum atomic E-state index is 5.68. The lowest BCUT2D eigenvalue weighted by Gasteiger charge is -2.32. The van der Waals surface area contributed by atoms with Crippen LogP contribution < -0.4 is 5.32 Å². The van der Waals surface area contributed by atoms with E-state index in [1.807, 2.05) is 0 Å². The first kappa shape index (κ1) is 15.0. The molecular formula is C16H24BrNO. The Morgan fingerprint density at radius 3 is 2.63 bits per heavy atom. The van der Waals surface area contributed by atoms with Crippen molar-refractivity contribution in [2.24, 2.45) is 5.41 Å². The standard InChI is InChI=1S/C16H24BrNO/c1-15(2,3)18-11-16(8-9-19-12-16)10-13-6-4-5-7-14(13)17/h4-7,18H,8-12H2,1-3H3. The highest BCUT2D eigenvalue weighted by molar-refractivity contribution is 9.10. The minimum atomic E-state index is 0.156. The molecule has 0 saturated carbocycles. The summed E-state index contributed by atoms with van der Waals surface area (Å²) in [5, 5.41) is 3.65. The van der Waals surface area contributed by atoms with Gasteiger partial charge < -0.3 is 10.1 Å². The van der Waals surface area contributed by atoms with Gasteiger partial charge in [0.05, 0.1) is 6.61 Å². The van der Waals surface area contributed by atoms with Crippen molar-refractivity contribution in [3.05, 3.63) is 34.3 Å². The second-order valence-corrected chi connectivity index (χ2v) is 7.53. The summed E-state index contributed by atoms with van der Waals surface area (Å²) in [6.45, 7) is 9.41. The highest BCUT2D eigenvalue weighted by atomic mass is 79.9. The molecule has 1 saturated heterocycles. The largest absolute Gasteiger partial charge is 0.381 e. The van der Waals surface area contributed by atoms with Crippen LogP contribution in [0.5, 0.6) is 0 Å². The van der Waals surface area contributed by atoms with Crippen LogP contribution in [-0.2, 0) is 11.2 Å². The lowest BCUT2D eigenvalue weighted by molar-refractivity contribution is 0.144. The number of nitrogens with one attached hydrogen (secondary N) is 1. The average Bonchev–Trinajstić information content (AvgIpc) is 2.78. The summed E-state index contributed by atoms with van der Waals surface area (Å²) >= 11 is 3.66. The Morgan fingerprint density at radius 1 is 1.32 bits per heavy atom. The van der Waals surface area contributed by atoms with Gasteiger partial charge in [-0.3, -0.25) is 0 Å². The first-order valence-electron chi connectivity index (χ1n) is 6.97. The molecule has 1 atom stereocenters. The van der Waals surface area contributed by atoms with Gasteiger partial charge in [0.1, 0.15) is 0 Å². The minimum Gasteiger partial charge on any atom is -0.381 e. The third kappa shape index (κ3) is 4.30. The van der Waals surface area contributed by atoms with E-state index in [1.165, 1.54) is 10.0 Å². The van der Waals surface area contributed by atoms with E-state index in [4.69, 9.17) is 4.74 Å². The third-order valence-electron chi connectivity index (χ3n) is 3.70. The van der Waals surface area contributed by atoms with Crippen LogP contribution in [-0.4, -0.2) is 25.3 Å². The molecule has 0 spiro atoms. The number of hydrogen-bond donors (Lipinski definition) is 1. The topological polar surface area (TPSA) is 21.3 Å². The van der Waals surface area contributed by atoms with Crippen LogP contribution in [0.4, 0.5) is 0 Å². The molecular weight excluding hydrogens is 302 g/mol. The normalized spacial score (nSPS) is 23.8. The average molecular weight is 326 g/mol. The van der Waals surface area contributed by atoms with Crippen LogP contribution in [0.15, 0.2) is 28.7 Å². The lowest BCUT2D eigenvalue weighted by atomic mass is 9.80. The predicted molar refractivity (Wildman–Crippen MR) is 83.5 cm³/mol. The van der Waals surface area contributed by atoms with Gasteiger partial charge in [-0.2, -0.15) is 0 Å². The summed E-state index contributed by atoms with van der Waals surface area (Å²) < 4.78 is 6.89. The molecule has 106 valence electrons. The number of benzene rings is 1. The van der Waals surface area contributed by atoms with E-state index in [1.54, 1.807) is 0 Å². The van der Waals surface area contributed by atoms with E-state index < -0.39 is 0 Å². The molecule has 1 aromatic carbocycles. The number of ether oxygens (including phenoxy) is 1. The van der Waals surface area contributed by atoms with Crippen molar-refractivity contribution in [1.29, 1.82) is 0 Å². The van der Waals surface area contributed by atoms with E-state index in [-0.39, 0.29) is 11.0 Å². The highest BCUT2D eigenvalue weighted by Crippen LogP contribution is 2.34. The van der Waals surface area contributed by atoms with Crippen LogP contribution in [0.1, 0.15) is 32.8 Å². The molecule has 1 aromatic rings. The molecule has 3 heteroatoms. The number of rotatable bonds is 4. The summed E-state index contributed by atoms with van der Waals surface area (Å²) in [5.74, 6) is 0. The predicted octanol–water partition coefficient (Wildman–Crippen LogP) is 3.79. The van der Waals surface area contributed by atoms with Gasteiger partial charge in [-0.25, -0.2) is 0 Å². The molecule has 1 unspecified atom stereocenters. The molecule has 0 radical (unpaired) electrons. The van der Waals surface area contributed by atoms with Crippen molar-refractivity contribution >= 4 is 15.9 Å². The van der Waals surface area contributed by atoms with E-state index >= 15 is 0 Å². The molecule has 1 N–H and O–H groups in total. The molecule has 0 amide bonds. The van der Waals surface area contributed by atoms with Crippen molar-refractivity contribution in [3.63, 3.8) is 0 Å². The summed E-state index contributed by atoms with van der Waals surface area (Å²) in [6, 6.07) is 8.51. The molecule has 0 aliphatic carbocycles. The smallest absolute Gasteiger partial charge is 0.0538 e. The van der Waals surface area contributed by atoms with Crippen LogP contribution >= 0.6 is 15.9 Å². The molecule has 19 heavy (non-hydrogen) atoms. The molecule has 1 aliphatic rings. The Bertz CT molecular complexity index is 419. The second-order valence-electron chi connectivity index (χ2n) is 6.67. The molecule has 1 aliphatic heterocycles. The zero-order chi connectivity index (χ0) is 13.9. The van der Waals surface area contributed by atoms with Crippen LogP contribution in [0.2, 0.25) is 0 Å². The van der Waals surface area contributed by atoms with Gasteiger partial charge in [0.2, 0.25) is 0 Å². The molecule has 0 aromatic heterocycles. The highest BCUT2D eigenvalue weighted by Gasteiger charge is 2.36. The van der Waals surface area contributed by atoms with Crippen molar-refractivity contribution in [1.82, 2.24) is 5.32 Å². The van der Waals surface area contributed by atoms with Crippen LogP contribution in [0, 0.1) is 5.41 Å². The fourth-order valence-electron chi connectivity index (χ4n) is 2.49. The molecule has 1 fully saturated rings. The molecule has 2 nitrogen and oxygen atoms in total. The lowest BCUT2D eigenvalue weighted by Crippen LogP contribution is -2.45. The van der Waals surface area contributed by atoms with E-state index in [2.05, 4.69) is 66.3 Å². The Kier molecular flexibility index (Phi) is 4.70.